The van der Waals surface area contributed by atoms with Gasteiger partial charge in [0.15, 0.2) is 5.75 Å². The fourth-order valence-corrected chi connectivity index (χ4v) is 2.07. The van der Waals surface area contributed by atoms with E-state index in [1.807, 2.05) is 0 Å². The Bertz CT molecular complexity index is 542. The number of nitrogens with two attached hydrogens (primary N) is 1. The van der Waals surface area contributed by atoms with Crippen LogP contribution in [-0.2, 0) is 19.6 Å². The smallest absolute Gasteiger partial charge is 0.323 e. The minimum Gasteiger partial charge on any atom is -0.465 e. The molecule has 0 unspecified atom stereocenters. The number of esters is 1. The summed E-state index contributed by atoms with van der Waals surface area (Å²) in [6, 6.07) is 1.48. The number of sulfonamides is 1. The van der Waals surface area contributed by atoms with E-state index in [1.54, 1.807) is 13.8 Å². The van der Waals surface area contributed by atoms with Crippen LogP contribution in [0.4, 0.5) is 11.5 Å². The number of rotatable bonds is 5. The molecule has 0 bridgehead atoms. The fraction of sp³-hybridized carbons (Fsp3) is 0.400. The fourth-order valence-electron chi connectivity index (χ4n) is 1.18. The lowest BCUT2D eigenvalue weighted by atomic mass is 10.2. The number of aryl methyl sites for hydroxylation is 1. The second-order valence-electron chi connectivity index (χ2n) is 3.59. The van der Waals surface area contributed by atoms with Gasteiger partial charge in [-0.25, -0.2) is 13.4 Å². The van der Waals surface area contributed by atoms with Crippen LogP contribution in [0.2, 0.25) is 0 Å². The maximum absolute atomic E-state index is 11.6. The molecule has 0 amide bonds. The van der Waals surface area contributed by atoms with Gasteiger partial charge in [-0.3, -0.25) is 9.52 Å². The zero-order valence-electron chi connectivity index (χ0n) is 10.1. The second kappa shape index (κ2) is 5.67. The van der Waals surface area contributed by atoms with Gasteiger partial charge >= 0.3 is 5.97 Å². The van der Waals surface area contributed by atoms with E-state index >= 15 is 0 Å². The predicted octanol–water partition coefficient (Wildman–Crippen LogP) is 0.277. The Balaban J connectivity index is 2.76. The van der Waals surface area contributed by atoms with Gasteiger partial charge in [0.25, 0.3) is 0 Å². The zero-order valence-corrected chi connectivity index (χ0v) is 11.0. The highest BCUT2D eigenvalue weighted by Gasteiger charge is 2.18. The number of aromatic nitrogens is 1. The van der Waals surface area contributed by atoms with Crippen LogP contribution in [0.3, 0.4) is 0 Å². The van der Waals surface area contributed by atoms with Gasteiger partial charge < -0.3 is 10.5 Å². The lowest BCUT2D eigenvalue weighted by Gasteiger charge is -2.08. The summed E-state index contributed by atoms with van der Waals surface area (Å²) in [5.74, 6) is -1.44. The van der Waals surface area contributed by atoms with Crippen LogP contribution in [0.25, 0.3) is 0 Å². The third kappa shape index (κ3) is 4.21. The van der Waals surface area contributed by atoms with Crippen LogP contribution < -0.4 is 10.5 Å². The molecule has 0 aliphatic carbocycles. The Labute approximate surface area is 105 Å². The molecule has 0 radical (unpaired) electrons. The largest absolute Gasteiger partial charge is 0.465 e. The summed E-state index contributed by atoms with van der Waals surface area (Å²) in [7, 11) is -3.81. The molecular formula is C10H15N3O4S. The minimum atomic E-state index is -3.81. The highest BCUT2D eigenvalue weighted by Crippen LogP contribution is 2.14. The summed E-state index contributed by atoms with van der Waals surface area (Å²) >= 11 is 0. The average Bonchev–Trinajstić information content (AvgIpc) is 2.22. The van der Waals surface area contributed by atoms with Crippen LogP contribution in [0.5, 0.6) is 0 Å². The number of carbonyl (C=O) groups excluding carboxylic acids is 1. The third-order valence-corrected chi connectivity index (χ3v) is 3.16. The standard InChI is InChI=1S/C10H15N3O4S/c1-3-17-10(14)6-18(15,16)13-9-4-7(2)8(11)5-12-9/h4-5H,3,6,11H2,1-2H3,(H,12,13). The van der Waals surface area contributed by atoms with Crippen molar-refractivity contribution in [1.82, 2.24) is 4.98 Å². The average molecular weight is 273 g/mol. The first-order valence-corrected chi connectivity index (χ1v) is 6.87. The van der Waals surface area contributed by atoms with Crippen molar-refractivity contribution in [3.05, 3.63) is 17.8 Å². The first-order chi connectivity index (χ1) is 8.34. The van der Waals surface area contributed by atoms with Gasteiger partial charge in [0.1, 0.15) is 5.82 Å². The van der Waals surface area contributed by atoms with Crippen LogP contribution in [0.1, 0.15) is 12.5 Å². The number of anilines is 2. The van der Waals surface area contributed by atoms with Crippen molar-refractivity contribution >= 4 is 27.5 Å². The highest BCUT2D eigenvalue weighted by molar-refractivity contribution is 7.93. The summed E-state index contributed by atoms with van der Waals surface area (Å²) in [5.41, 5.74) is 6.71. The molecule has 18 heavy (non-hydrogen) atoms. The Hall–Kier alpha value is -1.83. The highest BCUT2D eigenvalue weighted by atomic mass is 32.2. The molecule has 0 fully saturated rings. The molecule has 100 valence electrons. The molecule has 0 atom stereocenters. The Morgan fingerprint density at radius 3 is 2.78 bits per heavy atom. The van der Waals surface area contributed by atoms with Gasteiger partial charge in [-0.2, -0.15) is 0 Å². The molecule has 7 nitrogen and oxygen atoms in total. The van der Waals surface area contributed by atoms with E-state index in [0.29, 0.717) is 11.3 Å². The monoisotopic (exact) mass is 273 g/mol. The SMILES string of the molecule is CCOC(=O)CS(=O)(=O)Nc1cc(C)c(N)cn1. The molecule has 1 rings (SSSR count). The summed E-state index contributed by atoms with van der Waals surface area (Å²) in [6.07, 6.45) is 1.34. The number of nitrogen functional groups attached to an aromatic ring is 1. The molecule has 1 aromatic heterocycles. The van der Waals surface area contributed by atoms with E-state index in [-0.39, 0.29) is 12.4 Å². The molecule has 0 saturated carbocycles. The van der Waals surface area contributed by atoms with Crippen molar-refractivity contribution in [2.75, 3.05) is 22.8 Å². The van der Waals surface area contributed by atoms with Crippen molar-refractivity contribution < 1.29 is 17.9 Å². The molecule has 1 heterocycles. The number of carbonyl (C=O) groups is 1. The van der Waals surface area contributed by atoms with E-state index in [0.717, 1.165) is 0 Å². The molecule has 8 heteroatoms. The van der Waals surface area contributed by atoms with Gasteiger partial charge in [0.05, 0.1) is 18.5 Å². The van der Waals surface area contributed by atoms with Gasteiger partial charge in [0, 0.05) is 0 Å². The van der Waals surface area contributed by atoms with Crippen molar-refractivity contribution in [3.8, 4) is 0 Å². The molecule has 0 aromatic carbocycles. The molecule has 0 aliphatic heterocycles. The van der Waals surface area contributed by atoms with E-state index in [1.165, 1.54) is 12.3 Å². The molecular weight excluding hydrogens is 258 g/mol. The van der Waals surface area contributed by atoms with Gasteiger partial charge in [-0.05, 0) is 25.5 Å². The van der Waals surface area contributed by atoms with Crippen LogP contribution in [0.15, 0.2) is 12.3 Å². The van der Waals surface area contributed by atoms with E-state index in [9.17, 15) is 13.2 Å². The van der Waals surface area contributed by atoms with Crippen molar-refractivity contribution in [2.45, 2.75) is 13.8 Å². The van der Waals surface area contributed by atoms with Crippen LogP contribution >= 0.6 is 0 Å². The molecule has 3 N–H and O–H groups in total. The van der Waals surface area contributed by atoms with E-state index in [2.05, 4.69) is 14.4 Å². The number of hydrogen-bond donors (Lipinski definition) is 2. The molecule has 1 aromatic rings. The Morgan fingerprint density at radius 2 is 2.22 bits per heavy atom. The zero-order chi connectivity index (χ0) is 13.8. The molecule has 0 aliphatic rings. The van der Waals surface area contributed by atoms with Crippen molar-refractivity contribution in [3.63, 3.8) is 0 Å². The molecule has 0 saturated heterocycles. The maximum atomic E-state index is 11.6. The number of nitrogens with zero attached hydrogens (tertiary/aromatic N) is 1. The first-order valence-electron chi connectivity index (χ1n) is 5.22. The van der Waals surface area contributed by atoms with E-state index < -0.39 is 21.7 Å². The summed E-state index contributed by atoms with van der Waals surface area (Å²) < 4.78 is 29.9. The summed E-state index contributed by atoms with van der Waals surface area (Å²) in [5, 5.41) is 0. The van der Waals surface area contributed by atoms with Crippen molar-refractivity contribution in [1.29, 1.82) is 0 Å². The van der Waals surface area contributed by atoms with Gasteiger partial charge in [0.2, 0.25) is 10.0 Å². The predicted molar refractivity (Wildman–Crippen MR) is 67.4 cm³/mol. The van der Waals surface area contributed by atoms with Gasteiger partial charge in [-0.1, -0.05) is 0 Å². The van der Waals surface area contributed by atoms with Crippen LogP contribution in [0, 0.1) is 6.92 Å². The second-order valence-corrected chi connectivity index (χ2v) is 5.31. The number of pyridine rings is 1. The first kappa shape index (κ1) is 14.2. The Kier molecular flexibility index (Phi) is 4.49. The number of hydrogen-bond acceptors (Lipinski definition) is 6. The van der Waals surface area contributed by atoms with Crippen molar-refractivity contribution in [2.24, 2.45) is 0 Å². The third-order valence-electron chi connectivity index (χ3n) is 2.02. The number of ether oxygens (including phenoxy) is 1. The summed E-state index contributed by atoms with van der Waals surface area (Å²) in [6.45, 7) is 3.45. The minimum absolute atomic E-state index is 0.117. The van der Waals surface area contributed by atoms with Gasteiger partial charge in [-0.15, -0.1) is 0 Å². The lowest BCUT2D eigenvalue weighted by molar-refractivity contribution is -0.139. The Morgan fingerprint density at radius 1 is 1.56 bits per heavy atom. The quantitative estimate of drug-likeness (QED) is 0.745. The van der Waals surface area contributed by atoms with Crippen LogP contribution in [-0.4, -0.2) is 31.7 Å². The number of nitrogens with one attached hydrogen (secondary N) is 1. The summed E-state index contributed by atoms with van der Waals surface area (Å²) in [4.78, 5) is 14.9. The maximum Gasteiger partial charge on any atom is 0.323 e. The topological polar surface area (TPSA) is 111 Å². The lowest BCUT2D eigenvalue weighted by Crippen LogP contribution is -2.24. The van der Waals surface area contributed by atoms with E-state index in [4.69, 9.17) is 5.73 Å². The molecule has 0 spiro atoms. The normalized spacial score (nSPS) is 11.0.